The average Bonchev–Trinajstić information content (AvgIpc) is 2.81. The van der Waals surface area contributed by atoms with Crippen molar-refractivity contribution in [3.63, 3.8) is 0 Å². The standard InChI is InChI=1S/C11H17N3O/c15-11(10-1-3-13-9-10)2-6-14-7-4-12-5-8-14/h1,3,9,12-13H,2,4-8H2. The molecule has 2 rings (SSSR count). The van der Waals surface area contributed by atoms with Gasteiger partial charge in [0, 0.05) is 57.1 Å². The Hall–Kier alpha value is -1.13. The van der Waals surface area contributed by atoms with E-state index in [4.69, 9.17) is 0 Å². The molecule has 4 heteroatoms. The molecule has 2 heterocycles. The number of nitrogens with one attached hydrogen (secondary N) is 2. The maximum absolute atomic E-state index is 11.7. The Balaban J connectivity index is 1.75. The van der Waals surface area contributed by atoms with Gasteiger partial charge in [-0.25, -0.2) is 0 Å². The highest BCUT2D eigenvalue weighted by Crippen LogP contribution is 2.03. The highest BCUT2D eigenvalue weighted by molar-refractivity contribution is 5.95. The van der Waals surface area contributed by atoms with E-state index in [9.17, 15) is 4.79 Å². The summed E-state index contributed by atoms with van der Waals surface area (Å²) >= 11 is 0. The minimum absolute atomic E-state index is 0.231. The van der Waals surface area contributed by atoms with Gasteiger partial charge in [0.05, 0.1) is 0 Å². The zero-order chi connectivity index (χ0) is 10.5. The van der Waals surface area contributed by atoms with Gasteiger partial charge in [-0.05, 0) is 6.07 Å². The predicted molar refractivity (Wildman–Crippen MR) is 59.0 cm³/mol. The van der Waals surface area contributed by atoms with Crippen molar-refractivity contribution in [3.05, 3.63) is 24.0 Å². The highest BCUT2D eigenvalue weighted by atomic mass is 16.1. The van der Waals surface area contributed by atoms with Crippen LogP contribution in [0.15, 0.2) is 18.5 Å². The van der Waals surface area contributed by atoms with Gasteiger partial charge in [0.25, 0.3) is 0 Å². The Labute approximate surface area is 89.7 Å². The minimum atomic E-state index is 0.231. The molecule has 15 heavy (non-hydrogen) atoms. The topological polar surface area (TPSA) is 48.1 Å². The van der Waals surface area contributed by atoms with Crippen molar-refractivity contribution in [3.8, 4) is 0 Å². The van der Waals surface area contributed by atoms with E-state index in [0.29, 0.717) is 6.42 Å². The van der Waals surface area contributed by atoms with Crippen LogP contribution < -0.4 is 5.32 Å². The number of H-pyrrole nitrogens is 1. The molecule has 1 aliphatic rings. The lowest BCUT2D eigenvalue weighted by Gasteiger charge is -2.26. The van der Waals surface area contributed by atoms with E-state index in [2.05, 4.69) is 15.2 Å². The molecule has 1 fully saturated rings. The van der Waals surface area contributed by atoms with Crippen molar-refractivity contribution >= 4 is 5.78 Å². The number of aromatic amines is 1. The van der Waals surface area contributed by atoms with Crippen LogP contribution in [0.25, 0.3) is 0 Å². The Bertz CT molecular complexity index is 302. The summed E-state index contributed by atoms with van der Waals surface area (Å²) in [6.07, 6.45) is 4.18. The second-order valence-corrected chi connectivity index (χ2v) is 3.86. The third-order valence-corrected chi connectivity index (χ3v) is 2.78. The number of carbonyl (C=O) groups excluding carboxylic acids is 1. The van der Waals surface area contributed by atoms with Crippen LogP contribution in [0.3, 0.4) is 0 Å². The van der Waals surface area contributed by atoms with Crippen LogP contribution in [0, 0.1) is 0 Å². The van der Waals surface area contributed by atoms with Crippen molar-refractivity contribution in [1.82, 2.24) is 15.2 Å². The molecule has 0 atom stereocenters. The fourth-order valence-corrected chi connectivity index (χ4v) is 1.84. The number of piperazine rings is 1. The van der Waals surface area contributed by atoms with E-state index in [1.807, 2.05) is 6.07 Å². The Morgan fingerprint density at radius 1 is 1.40 bits per heavy atom. The molecule has 0 spiro atoms. The van der Waals surface area contributed by atoms with E-state index < -0.39 is 0 Å². The molecule has 0 aromatic carbocycles. The van der Waals surface area contributed by atoms with Crippen molar-refractivity contribution in [2.45, 2.75) is 6.42 Å². The van der Waals surface area contributed by atoms with Crippen molar-refractivity contribution in [2.24, 2.45) is 0 Å². The molecule has 0 unspecified atom stereocenters. The molecular formula is C11H17N3O. The molecule has 2 N–H and O–H groups in total. The summed E-state index contributed by atoms with van der Waals surface area (Å²) in [6.45, 7) is 5.07. The molecule has 82 valence electrons. The summed E-state index contributed by atoms with van der Waals surface area (Å²) in [4.78, 5) is 16.9. The maximum atomic E-state index is 11.7. The van der Waals surface area contributed by atoms with Gasteiger partial charge in [0.2, 0.25) is 0 Å². The SMILES string of the molecule is O=C(CCN1CCNCC1)c1cc[nH]c1. The second-order valence-electron chi connectivity index (χ2n) is 3.86. The lowest BCUT2D eigenvalue weighted by Crippen LogP contribution is -2.44. The van der Waals surface area contributed by atoms with Crippen LogP contribution >= 0.6 is 0 Å². The van der Waals surface area contributed by atoms with E-state index in [0.717, 1.165) is 38.3 Å². The monoisotopic (exact) mass is 207 g/mol. The van der Waals surface area contributed by atoms with E-state index in [1.165, 1.54) is 0 Å². The molecule has 0 bridgehead atoms. The largest absolute Gasteiger partial charge is 0.367 e. The Morgan fingerprint density at radius 2 is 2.20 bits per heavy atom. The third-order valence-electron chi connectivity index (χ3n) is 2.78. The minimum Gasteiger partial charge on any atom is -0.367 e. The first-order valence-corrected chi connectivity index (χ1v) is 5.45. The van der Waals surface area contributed by atoms with E-state index >= 15 is 0 Å². The lowest BCUT2D eigenvalue weighted by molar-refractivity contribution is 0.0961. The smallest absolute Gasteiger partial charge is 0.165 e. The molecule has 0 radical (unpaired) electrons. The van der Waals surface area contributed by atoms with Gasteiger partial charge >= 0.3 is 0 Å². The molecule has 0 amide bonds. The molecule has 4 nitrogen and oxygen atoms in total. The van der Waals surface area contributed by atoms with Crippen LogP contribution in [0.5, 0.6) is 0 Å². The van der Waals surface area contributed by atoms with E-state index in [1.54, 1.807) is 12.4 Å². The molecular weight excluding hydrogens is 190 g/mol. The van der Waals surface area contributed by atoms with Gasteiger partial charge in [-0.15, -0.1) is 0 Å². The van der Waals surface area contributed by atoms with Crippen molar-refractivity contribution in [1.29, 1.82) is 0 Å². The zero-order valence-electron chi connectivity index (χ0n) is 8.83. The first kappa shape index (κ1) is 10.4. The van der Waals surface area contributed by atoms with Gasteiger partial charge < -0.3 is 15.2 Å². The molecule has 0 saturated carbocycles. The number of hydrogen-bond acceptors (Lipinski definition) is 3. The third kappa shape index (κ3) is 2.91. The first-order chi connectivity index (χ1) is 7.36. The van der Waals surface area contributed by atoms with Gasteiger partial charge in [-0.3, -0.25) is 4.79 Å². The van der Waals surface area contributed by atoms with Crippen LogP contribution in [0.1, 0.15) is 16.8 Å². The molecule has 1 aliphatic heterocycles. The fourth-order valence-electron chi connectivity index (χ4n) is 1.84. The van der Waals surface area contributed by atoms with Crippen LogP contribution in [-0.4, -0.2) is 48.4 Å². The quantitative estimate of drug-likeness (QED) is 0.707. The Morgan fingerprint density at radius 3 is 2.87 bits per heavy atom. The zero-order valence-corrected chi connectivity index (χ0v) is 8.83. The van der Waals surface area contributed by atoms with Gasteiger partial charge in [0.1, 0.15) is 0 Å². The summed E-state index contributed by atoms with van der Waals surface area (Å²) in [6, 6.07) is 1.83. The normalized spacial score (nSPS) is 17.9. The maximum Gasteiger partial charge on any atom is 0.165 e. The number of nitrogens with zero attached hydrogens (tertiary/aromatic N) is 1. The number of aromatic nitrogens is 1. The number of carbonyl (C=O) groups is 1. The highest BCUT2D eigenvalue weighted by Gasteiger charge is 2.12. The fraction of sp³-hybridized carbons (Fsp3) is 0.545. The molecule has 1 aromatic rings. The Kier molecular flexibility index (Phi) is 3.53. The summed E-state index contributed by atoms with van der Waals surface area (Å²) < 4.78 is 0. The predicted octanol–water partition coefficient (Wildman–Crippen LogP) is 0.493. The average molecular weight is 207 g/mol. The summed E-state index contributed by atoms with van der Waals surface area (Å²) in [5.41, 5.74) is 0.796. The van der Waals surface area contributed by atoms with E-state index in [-0.39, 0.29) is 5.78 Å². The van der Waals surface area contributed by atoms with Gasteiger partial charge in [0.15, 0.2) is 5.78 Å². The van der Waals surface area contributed by atoms with Crippen molar-refractivity contribution in [2.75, 3.05) is 32.7 Å². The van der Waals surface area contributed by atoms with Crippen molar-refractivity contribution < 1.29 is 4.79 Å². The summed E-state index contributed by atoms with van der Waals surface area (Å²) in [5.74, 6) is 0.231. The molecule has 0 aliphatic carbocycles. The summed E-state index contributed by atoms with van der Waals surface area (Å²) in [7, 11) is 0. The molecule has 1 aromatic heterocycles. The number of Topliss-reactive ketones (excluding diaryl/α,β-unsaturated/α-hetero) is 1. The lowest BCUT2D eigenvalue weighted by atomic mass is 10.1. The van der Waals surface area contributed by atoms with Crippen LogP contribution in [0.2, 0.25) is 0 Å². The summed E-state index contributed by atoms with van der Waals surface area (Å²) in [5, 5.41) is 3.30. The molecule has 1 saturated heterocycles. The van der Waals surface area contributed by atoms with Gasteiger partial charge in [-0.2, -0.15) is 0 Å². The number of ketones is 1. The number of hydrogen-bond donors (Lipinski definition) is 2. The second kappa shape index (κ2) is 5.09. The van der Waals surface area contributed by atoms with Crippen LogP contribution in [-0.2, 0) is 0 Å². The van der Waals surface area contributed by atoms with Crippen LogP contribution in [0.4, 0.5) is 0 Å². The number of rotatable bonds is 4. The van der Waals surface area contributed by atoms with Gasteiger partial charge in [-0.1, -0.05) is 0 Å². The first-order valence-electron chi connectivity index (χ1n) is 5.45.